The van der Waals surface area contributed by atoms with Crippen LogP contribution in [-0.4, -0.2) is 48.4 Å². The normalized spacial score (nSPS) is 18.1. The number of nitrogens with zero attached hydrogens (tertiary/aromatic N) is 1. The van der Waals surface area contributed by atoms with Crippen molar-refractivity contribution in [3.05, 3.63) is 48.0 Å². The smallest absolute Gasteiger partial charge is 0.242 e. The van der Waals surface area contributed by atoms with Crippen LogP contribution in [0.3, 0.4) is 0 Å². The first-order valence-electron chi connectivity index (χ1n) is 11.7. The summed E-state index contributed by atoms with van der Waals surface area (Å²) >= 11 is 0. The third-order valence-electron chi connectivity index (χ3n) is 6.36. The Morgan fingerprint density at radius 3 is 2.65 bits per heavy atom. The zero-order valence-electron chi connectivity index (χ0n) is 19.2. The number of likely N-dealkylation sites (tertiary alicyclic amines) is 1. The molecule has 168 valence electrons. The molecule has 1 aliphatic heterocycles. The molecule has 1 saturated heterocycles. The highest BCUT2D eigenvalue weighted by molar-refractivity contribution is 5.92. The molecule has 2 aromatic carbocycles. The van der Waals surface area contributed by atoms with Gasteiger partial charge in [0.25, 0.3) is 0 Å². The van der Waals surface area contributed by atoms with E-state index in [9.17, 15) is 9.59 Å². The standard InChI is InChI=1S/C26H37N3O2/c1-19(2)25(26(31)27-15-9-17-29-16-7-6-10-20(29)3)28-24(30)18-22-13-8-12-21-11-4-5-14-23(21)22/h4-5,8,11-14,19-20,25H,6-7,9-10,15-18H2,1-3H3,(H,27,31)(H,28,30)/t20-,25+/m1/s1. The van der Waals surface area contributed by atoms with E-state index in [0.29, 0.717) is 12.6 Å². The quantitative estimate of drug-likeness (QED) is 0.601. The van der Waals surface area contributed by atoms with E-state index in [1.807, 2.05) is 56.3 Å². The molecule has 1 heterocycles. The maximum absolute atomic E-state index is 12.8. The summed E-state index contributed by atoms with van der Waals surface area (Å²) in [6.45, 7) is 9.05. The molecule has 0 spiro atoms. The van der Waals surface area contributed by atoms with Gasteiger partial charge < -0.3 is 15.5 Å². The summed E-state index contributed by atoms with van der Waals surface area (Å²) < 4.78 is 0. The van der Waals surface area contributed by atoms with Gasteiger partial charge in [0, 0.05) is 19.1 Å². The predicted octanol–water partition coefficient (Wildman–Crippen LogP) is 3.90. The van der Waals surface area contributed by atoms with E-state index in [1.54, 1.807) is 0 Å². The second-order valence-electron chi connectivity index (χ2n) is 9.13. The van der Waals surface area contributed by atoms with E-state index in [0.717, 1.165) is 35.8 Å². The third kappa shape index (κ3) is 6.54. The van der Waals surface area contributed by atoms with Crippen LogP contribution in [-0.2, 0) is 16.0 Å². The minimum Gasteiger partial charge on any atom is -0.354 e. The Morgan fingerprint density at radius 2 is 1.87 bits per heavy atom. The van der Waals surface area contributed by atoms with E-state index in [4.69, 9.17) is 0 Å². The van der Waals surface area contributed by atoms with Gasteiger partial charge in [0.05, 0.1) is 6.42 Å². The second-order valence-corrected chi connectivity index (χ2v) is 9.13. The number of amides is 2. The fourth-order valence-corrected chi connectivity index (χ4v) is 4.47. The van der Waals surface area contributed by atoms with Crippen LogP contribution in [0.4, 0.5) is 0 Å². The van der Waals surface area contributed by atoms with Gasteiger partial charge in [-0.3, -0.25) is 9.59 Å². The highest BCUT2D eigenvalue weighted by Crippen LogP contribution is 2.19. The number of piperidine rings is 1. The van der Waals surface area contributed by atoms with Crippen molar-refractivity contribution in [2.24, 2.45) is 5.92 Å². The van der Waals surface area contributed by atoms with Crippen LogP contribution in [0.15, 0.2) is 42.5 Å². The van der Waals surface area contributed by atoms with Crippen LogP contribution in [0.1, 0.15) is 52.0 Å². The molecule has 2 aromatic rings. The number of hydrogen-bond donors (Lipinski definition) is 2. The molecule has 0 bridgehead atoms. The monoisotopic (exact) mass is 423 g/mol. The summed E-state index contributed by atoms with van der Waals surface area (Å²) in [5.74, 6) is -0.182. The molecule has 31 heavy (non-hydrogen) atoms. The summed E-state index contributed by atoms with van der Waals surface area (Å²) in [7, 11) is 0. The maximum atomic E-state index is 12.8. The van der Waals surface area contributed by atoms with E-state index < -0.39 is 6.04 Å². The molecule has 2 N–H and O–H groups in total. The number of rotatable bonds is 9. The van der Waals surface area contributed by atoms with Gasteiger partial charge in [-0.15, -0.1) is 0 Å². The van der Waals surface area contributed by atoms with Crippen molar-refractivity contribution in [1.82, 2.24) is 15.5 Å². The van der Waals surface area contributed by atoms with Crippen molar-refractivity contribution in [3.8, 4) is 0 Å². The van der Waals surface area contributed by atoms with Gasteiger partial charge in [0.15, 0.2) is 0 Å². The molecule has 1 fully saturated rings. The van der Waals surface area contributed by atoms with E-state index in [2.05, 4.69) is 22.5 Å². The number of fused-ring (bicyclic) bond motifs is 1. The van der Waals surface area contributed by atoms with Gasteiger partial charge in [-0.2, -0.15) is 0 Å². The lowest BCUT2D eigenvalue weighted by molar-refractivity contribution is -0.129. The minimum absolute atomic E-state index is 0.0265. The molecule has 2 atom stereocenters. The summed E-state index contributed by atoms with van der Waals surface area (Å²) in [5.41, 5.74) is 0.981. The maximum Gasteiger partial charge on any atom is 0.242 e. The zero-order valence-corrected chi connectivity index (χ0v) is 19.2. The minimum atomic E-state index is -0.517. The van der Waals surface area contributed by atoms with Gasteiger partial charge in [0.1, 0.15) is 6.04 Å². The Morgan fingerprint density at radius 1 is 1.10 bits per heavy atom. The third-order valence-corrected chi connectivity index (χ3v) is 6.36. The molecular formula is C26H37N3O2. The summed E-state index contributed by atoms with van der Waals surface area (Å²) in [5, 5.41) is 8.20. The van der Waals surface area contributed by atoms with Crippen LogP contribution < -0.4 is 10.6 Å². The number of carbonyl (C=O) groups is 2. The molecule has 0 radical (unpaired) electrons. The zero-order chi connectivity index (χ0) is 22.2. The van der Waals surface area contributed by atoms with Gasteiger partial charge >= 0.3 is 0 Å². The average Bonchev–Trinajstić information content (AvgIpc) is 2.76. The second kappa shape index (κ2) is 11.3. The van der Waals surface area contributed by atoms with Crippen LogP contribution in [0.25, 0.3) is 10.8 Å². The number of hydrogen-bond acceptors (Lipinski definition) is 3. The largest absolute Gasteiger partial charge is 0.354 e. The Labute approximate surface area is 186 Å². The van der Waals surface area contributed by atoms with E-state index in [1.165, 1.54) is 19.3 Å². The summed E-state index contributed by atoms with van der Waals surface area (Å²) in [6.07, 6.45) is 5.07. The molecule has 0 aliphatic carbocycles. The molecule has 2 amide bonds. The molecule has 5 nitrogen and oxygen atoms in total. The highest BCUT2D eigenvalue weighted by Gasteiger charge is 2.24. The van der Waals surface area contributed by atoms with Crippen LogP contribution in [0.5, 0.6) is 0 Å². The van der Waals surface area contributed by atoms with Gasteiger partial charge in [-0.25, -0.2) is 0 Å². The first-order chi connectivity index (χ1) is 15.0. The first kappa shape index (κ1) is 23.3. The van der Waals surface area contributed by atoms with Crippen molar-refractivity contribution >= 4 is 22.6 Å². The lowest BCUT2D eigenvalue weighted by Gasteiger charge is -2.33. The van der Waals surface area contributed by atoms with Crippen LogP contribution in [0, 0.1) is 5.92 Å². The predicted molar refractivity (Wildman–Crippen MR) is 127 cm³/mol. The SMILES string of the molecule is CC(C)[C@H](NC(=O)Cc1cccc2ccccc12)C(=O)NCCCN1CCCC[C@H]1C. The lowest BCUT2D eigenvalue weighted by atomic mass is 10.00. The van der Waals surface area contributed by atoms with Crippen LogP contribution >= 0.6 is 0 Å². The topological polar surface area (TPSA) is 61.4 Å². The molecule has 0 saturated carbocycles. The number of benzene rings is 2. The van der Waals surface area contributed by atoms with Crippen molar-refractivity contribution < 1.29 is 9.59 Å². The van der Waals surface area contributed by atoms with Crippen molar-refractivity contribution in [3.63, 3.8) is 0 Å². The van der Waals surface area contributed by atoms with E-state index in [-0.39, 0.29) is 24.2 Å². The van der Waals surface area contributed by atoms with Crippen molar-refractivity contribution in [2.75, 3.05) is 19.6 Å². The Balaban J connectivity index is 1.50. The summed E-state index contributed by atoms with van der Waals surface area (Å²) in [6, 6.07) is 14.2. The Hall–Kier alpha value is -2.40. The average molecular weight is 424 g/mol. The first-order valence-corrected chi connectivity index (χ1v) is 11.7. The Bertz CT molecular complexity index is 875. The lowest BCUT2D eigenvalue weighted by Crippen LogP contribution is -2.50. The van der Waals surface area contributed by atoms with Gasteiger partial charge in [-0.05, 0) is 55.0 Å². The van der Waals surface area contributed by atoms with Crippen molar-refractivity contribution in [1.29, 1.82) is 0 Å². The van der Waals surface area contributed by atoms with Gasteiger partial charge in [-0.1, -0.05) is 62.7 Å². The summed E-state index contributed by atoms with van der Waals surface area (Å²) in [4.78, 5) is 28.0. The number of nitrogens with one attached hydrogen (secondary N) is 2. The van der Waals surface area contributed by atoms with Crippen molar-refractivity contribution in [2.45, 2.75) is 65.0 Å². The fourth-order valence-electron chi connectivity index (χ4n) is 4.47. The molecule has 5 heteroatoms. The molecule has 3 rings (SSSR count). The highest BCUT2D eigenvalue weighted by atomic mass is 16.2. The molecule has 1 aliphatic rings. The van der Waals surface area contributed by atoms with E-state index >= 15 is 0 Å². The fraction of sp³-hybridized carbons (Fsp3) is 0.538. The number of carbonyl (C=O) groups excluding carboxylic acids is 2. The Kier molecular flexibility index (Phi) is 8.47. The molecular weight excluding hydrogens is 386 g/mol. The molecule has 0 aromatic heterocycles. The van der Waals surface area contributed by atoms with Crippen LogP contribution in [0.2, 0.25) is 0 Å². The van der Waals surface area contributed by atoms with Gasteiger partial charge in [0.2, 0.25) is 11.8 Å². The molecule has 0 unspecified atom stereocenters.